The smallest absolute Gasteiger partial charge is 0.119 e. The molecular formula is C46H44N6O4. The zero-order chi connectivity index (χ0) is 40.2. The van der Waals surface area contributed by atoms with E-state index in [4.69, 9.17) is 20.4 Å². The summed E-state index contributed by atoms with van der Waals surface area (Å²) in [6.45, 7) is 11.5. The van der Waals surface area contributed by atoms with Crippen LogP contribution >= 0.6 is 0 Å². The van der Waals surface area contributed by atoms with E-state index in [-0.39, 0.29) is 23.0 Å². The van der Waals surface area contributed by atoms with Gasteiger partial charge in [0.15, 0.2) is 0 Å². The third-order valence-electron chi connectivity index (χ3n) is 8.30. The van der Waals surface area contributed by atoms with Gasteiger partial charge >= 0.3 is 0 Å². The summed E-state index contributed by atoms with van der Waals surface area (Å²) >= 11 is 0. The van der Waals surface area contributed by atoms with Crippen LogP contribution < -0.4 is 0 Å². The van der Waals surface area contributed by atoms with Crippen molar-refractivity contribution in [3.8, 4) is 23.0 Å². The summed E-state index contributed by atoms with van der Waals surface area (Å²) in [7, 11) is 0. The number of phenolic OH excluding ortho intramolecular Hbond substituents is 4. The summed E-state index contributed by atoms with van der Waals surface area (Å²) in [4.78, 5) is 26.7. The fraction of sp³-hybridized carbons (Fsp3) is 0.130. The van der Waals surface area contributed by atoms with E-state index < -0.39 is 0 Å². The highest BCUT2D eigenvalue weighted by Crippen LogP contribution is 2.20. The summed E-state index contributed by atoms with van der Waals surface area (Å²) in [5, 5.41) is 35.3. The molecule has 0 bridgehead atoms. The molecule has 0 unspecified atom stereocenters. The molecule has 0 amide bonds. The molecule has 0 radical (unpaired) electrons. The van der Waals surface area contributed by atoms with Crippen molar-refractivity contribution < 1.29 is 20.4 Å². The minimum Gasteiger partial charge on any atom is -0.508 e. The fourth-order valence-electron chi connectivity index (χ4n) is 5.44. The number of aryl methyl sites for hydroxylation is 6. The summed E-state index contributed by atoms with van der Waals surface area (Å²) in [6, 6.07) is 40.6. The van der Waals surface area contributed by atoms with Crippen LogP contribution in [0.5, 0.6) is 23.0 Å². The standard InChI is InChI=1S/2C12H8N2.C8H12N2.2C7H8O2/c2*1-2-6-10-9(5-1)13-11-7-3-4-8-12(11)14-10;1-5-6(2)10-8(4)7(3)9-5;2*1-5-2-6(8)4-7(9)3-5/h2*1-8H;1-4H3;2*2-4,8-9H,1H3. The van der Waals surface area contributed by atoms with Crippen LogP contribution in [0.15, 0.2) is 133 Å². The maximum atomic E-state index is 8.83. The lowest BCUT2D eigenvalue weighted by atomic mass is 10.2. The number of fused-ring (bicyclic) bond motifs is 4. The Morgan fingerprint density at radius 3 is 0.607 bits per heavy atom. The van der Waals surface area contributed by atoms with Gasteiger partial charge in [0.05, 0.1) is 66.9 Å². The number of benzene rings is 6. The van der Waals surface area contributed by atoms with Crippen LogP contribution in [0, 0.1) is 41.5 Å². The van der Waals surface area contributed by atoms with Gasteiger partial charge in [0, 0.05) is 12.1 Å². The highest BCUT2D eigenvalue weighted by Gasteiger charge is 2.01. The van der Waals surface area contributed by atoms with Crippen molar-refractivity contribution in [1.29, 1.82) is 0 Å². The number of nitrogens with zero attached hydrogens (tertiary/aromatic N) is 6. The normalized spacial score (nSPS) is 10.2. The molecule has 0 saturated heterocycles. The minimum absolute atomic E-state index is 0.104. The Bertz CT molecular complexity index is 2220. The van der Waals surface area contributed by atoms with Crippen LogP contribution in [0.25, 0.3) is 44.1 Å². The molecule has 3 aromatic heterocycles. The highest BCUT2D eigenvalue weighted by atomic mass is 16.3. The third-order valence-corrected chi connectivity index (χ3v) is 8.30. The molecule has 0 atom stereocenters. The van der Waals surface area contributed by atoms with Crippen LogP contribution in [-0.4, -0.2) is 50.3 Å². The zero-order valence-corrected chi connectivity index (χ0v) is 32.2. The maximum Gasteiger partial charge on any atom is 0.119 e. The second kappa shape index (κ2) is 18.7. The van der Waals surface area contributed by atoms with Crippen LogP contribution in [-0.2, 0) is 0 Å². The van der Waals surface area contributed by atoms with Gasteiger partial charge in [0.1, 0.15) is 23.0 Å². The largest absolute Gasteiger partial charge is 0.508 e. The fourth-order valence-corrected chi connectivity index (χ4v) is 5.44. The monoisotopic (exact) mass is 744 g/mol. The first-order chi connectivity index (χ1) is 26.8. The molecule has 6 aromatic carbocycles. The maximum absolute atomic E-state index is 8.83. The van der Waals surface area contributed by atoms with E-state index in [0.717, 1.165) is 78.0 Å². The van der Waals surface area contributed by atoms with Crippen molar-refractivity contribution in [1.82, 2.24) is 29.9 Å². The zero-order valence-electron chi connectivity index (χ0n) is 32.2. The average molecular weight is 745 g/mol. The van der Waals surface area contributed by atoms with E-state index in [9.17, 15) is 0 Å². The molecule has 0 fully saturated rings. The van der Waals surface area contributed by atoms with E-state index >= 15 is 0 Å². The predicted molar refractivity (Wildman–Crippen MR) is 224 cm³/mol. The Hall–Kier alpha value is -7.20. The molecular weight excluding hydrogens is 701 g/mol. The molecule has 0 aliphatic heterocycles. The van der Waals surface area contributed by atoms with Crippen molar-refractivity contribution in [2.75, 3.05) is 0 Å². The van der Waals surface area contributed by atoms with Crippen LogP contribution in [0.4, 0.5) is 0 Å². The molecule has 9 rings (SSSR count). The van der Waals surface area contributed by atoms with E-state index in [0.29, 0.717) is 0 Å². The molecule has 56 heavy (non-hydrogen) atoms. The number of phenols is 4. The third kappa shape index (κ3) is 11.4. The SMILES string of the molecule is Cc1cc(O)cc(O)c1.Cc1cc(O)cc(O)c1.Cc1nc(C)c(C)nc1C.c1ccc2nc3ccccc3nc2c1.c1ccc2nc3ccccc3nc2c1. The molecule has 3 heterocycles. The van der Waals surface area contributed by atoms with Gasteiger partial charge in [-0.15, -0.1) is 0 Å². The van der Waals surface area contributed by atoms with Crippen LogP contribution in [0.1, 0.15) is 33.9 Å². The molecule has 10 heteroatoms. The number of hydrogen-bond acceptors (Lipinski definition) is 10. The quantitative estimate of drug-likeness (QED) is 0.110. The second-order valence-electron chi connectivity index (χ2n) is 13.0. The first-order valence-corrected chi connectivity index (χ1v) is 17.9. The van der Waals surface area contributed by atoms with Gasteiger partial charge in [-0.3, -0.25) is 9.97 Å². The van der Waals surface area contributed by atoms with Crippen molar-refractivity contribution in [3.05, 3.63) is 167 Å². The second-order valence-corrected chi connectivity index (χ2v) is 13.0. The lowest BCUT2D eigenvalue weighted by molar-refractivity contribution is 0.448. The van der Waals surface area contributed by atoms with Gasteiger partial charge in [-0.1, -0.05) is 48.5 Å². The van der Waals surface area contributed by atoms with Gasteiger partial charge in [-0.05, 0) is 125 Å². The molecule has 282 valence electrons. The Labute approximate surface area is 325 Å². The summed E-state index contributed by atoms with van der Waals surface area (Å²) in [6.07, 6.45) is 0. The lowest BCUT2D eigenvalue weighted by Crippen LogP contribution is -1.97. The number of para-hydroxylation sites is 8. The lowest BCUT2D eigenvalue weighted by Gasteiger charge is -2.01. The topological polar surface area (TPSA) is 158 Å². The molecule has 0 spiro atoms. The number of rotatable bonds is 0. The molecule has 9 aromatic rings. The average Bonchev–Trinajstić information content (AvgIpc) is 3.15. The molecule has 0 aliphatic carbocycles. The Balaban J connectivity index is 0.000000136. The number of aromatic nitrogens is 6. The van der Waals surface area contributed by atoms with Crippen LogP contribution in [0.2, 0.25) is 0 Å². The van der Waals surface area contributed by atoms with Crippen molar-refractivity contribution in [3.63, 3.8) is 0 Å². The molecule has 10 nitrogen and oxygen atoms in total. The van der Waals surface area contributed by atoms with Gasteiger partial charge in [0.2, 0.25) is 0 Å². The molecule has 0 aliphatic rings. The Kier molecular flexibility index (Phi) is 13.4. The van der Waals surface area contributed by atoms with Gasteiger partial charge in [-0.2, -0.15) is 0 Å². The first-order valence-electron chi connectivity index (χ1n) is 17.9. The highest BCUT2D eigenvalue weighted by molar-refractivity contribution is 5.86. The predicted octanol–water partition coefficient (Wildman–Crippen LogP) is 10.1. The summed E-state index contributed by atoms with van der Waals surface area (Å²) in [5.74, 6) is 0.417. The van der Waals surface area contributed by atoms with Crippen molar-refractivity contribution in [2.45, 2.75) is 41.5 Å². The number of hydrogen-bond donors (Lipinski definition) is 4. The van der Waals surface area contributed by atoms with Gasteiger partial charge in [0.25, 0.3) is 0 Å². The first kappa shape index (κ1) is 40.0. The minimum atomic E-state index is 0.104. The summed E-state index contributed by atoms with van der Waals surface area (Å²) in [5.41, 5.74) is 13.4. The molecule has 4 N–H and O–H groups in total. The number of aromatic hydroxyl groups is 4. The van der Waals surface area contributed by atoms with Gasteiger partial charge < -0.3 is 20.4 Å². The van der Waals surface area contributed by atoms with E-state index in [1.54, 1.807) is 38.1 Å². The Morgan fingerprint density at radius 1 is 0.268 bits per heavy atom. The van der Waals surface area contributed by atoms with Gasteiger partial charge in [-0.25, -0.2) is 19.9 Å². The summed E-state index contributed by atoms with van der Waals surface area (Å²) < 4.78 is 0. The van der Waals surface area contributed by atoms with Crippen molar-refractivity contribution in [2.24, 2.45) is 0 Å². The molecule has 0 saturated carbocycles. The van der Waals surface area contributed by atoms with E-state index in [2.05, 4.69) is 29.9 Å². The Morgan fingerprint density at radius 2 is 0.446 bits per heavy atom. The van der Waals surface area contributed by atoms with E-state index in [1.807, 2.05) is 125 Å². The van der Waals surface area contributed by atoms with Crippen molar-refractivity contribution >= 4 is 44.1 Å². The van der Waals surface area contributed by atoms with Crippen LogP contribution in [0.3, 0.4) is 0 Å². The van der Waals surface area contributed by atoms with E-state index in [1.165, 1.54) is 12.1 Å².